The maximum absolute atomic E-state index is 12.9. The predicted molar refractivity (Wildman–Crippen MR) is 122 cm³/mol. The Hall–Kier alpha value is -3.15. The fourth-order valence-electron chi connectivity index (χ4n) is 3.82. The molecule has 164 valence electrons. The normalized spacial score (nSPS) is 15.9. The predicted octanol–water partition coefficient (Wildman–Crippen LogP) is 3.64. The minimum atomic E-state index is -0.180. The van der Waals surface area contributed by atoms with Crippen molar-refractivity contribution in [2.75, 3.05) is 25.0 Å². The summed E-state index contributed by atoms with van der Waals surface area (Å²) < 4.78 is 0. The van der Waals surface area contributed by atoms with Gasteiger partial charge in [0.2, 0.25) is 11.8 Å². The molecule has 6 nitrogen and oxygen atoms in total. The standard InChI is InChI=1S/C25H31N3O3/c1-2-7-23(29)27-22-13-11-20(12-14-22)25(31)28-17-6-10-21(18-28)24(30)26-16-15-19-8-4-3-5-9-19/h3-5,8-9,11-14,21H,2,6-7,10,15-18H2,1H3,(H,26,30)(H,27,29). The maximum Gasteiger partial charge on any atom is 0.253 e. The molecule has 1 atom stereocenters. The smallest absolute Gasteiger partial charge is 0.253 e. The molecule has 3 rings (SSSR count). The summed E-state index contributed by atoms with van der Waals surface area (Å²) in [6.45, 7) is 3.64. The lowest BCUT2D eigenvalue weighted by Crippen LogP contribution is -2.45. The van der Waals surface area contributed by atoms with Crippen LogP contribution in [0.4, 0.5) is 5.69 Å². The number of nitrogens with one attached hydrogen (secondary N) is 2. The zero-order valence-corrected chi connectivity index (χ0v) is 18.1. The summed E-state index contributed by atoms with van der Waals surface area (Å²) in [6.07, 6.45) is 3.67. The Kier molecular flexibility index (Phi) is 8.21. The third-order valence-corrected chi connectivity index (χ3v) is 5.53. The van der Waals surface area contributed by atoms with E-state index in [1.165, 1.54) is 5.56 Å². The summed E-state index contributed by atoms with van der Waals surface area (Å²) in [7, 11) is 0. The maximum atomic E-state index is 12.9. The second-order valence-corrected chi connectivity index (χ2v) is 7.99. The first-order chi connectivity index (χ1) is 15.1. The molecule has 1 aliphatic heterocycles. The third-order valence-electron chi connectivity index (χ3n) is 5.53. The van der Waals surface area contributed by atoms with E-state index in [1.807, 2.05) is 37.3 Å². The van der Waals surface area contributed by atoms with Crippen LogP contribution in [-0.2, 0) is 16.0 Å². The minimum Gasteiger partial charge on any atom is -0.355 e. The van der Waals surface area contributed by atoms with Crippen LogP contribution >= 0.6 is 0 Å². The van der Waals surface area contributed by atoms with Crippen LogP contribution in [0.1, 0.15) is 48.5 Å². The second-order valence-electron chi connectivity index (χ2n) is 7.99. The van der Waals surface area contributed by atoms with Gasteiger partial charge in [-0.1, -0.05) is 37.3 Å². The van der Waals surface area contributed by atoms with Gasteiger partial charge in [0.1, 0.15) is 0 Å². The Morgan fingerprint density at radius 2 is 1.77 bits per heavy atom. The Bertz CT molecular complexity index is 881. The van der Waals surface area contributed by atoms with Gasteiger partial charge >= 0.3 is 0 Å². The van der Waals surface area contributed by atoms with Crippen molar-refractivity contribution >= 4 is 23.4 Å². The first kappa shape index (κ1) is 22.5. The van der Waals surface area contributed by atoms with Crippen molar-refractivity contribution in [3.05, 3.63) is 65.7 Å². The highest BCUT2D eigenvalue weighted by Gasteiger charge is 2.28. The van der Waals surface area contributed by atoms with Gasteiger partial charge in [0.05, 0.1) is 5.92 Å². The highest BCUT2D eigenvalue weighted by molar-refractivity contribution is 5.96. The van der Waals surface area contributed by atoms with E-state index in [0.717, 1.165) is 25.7 Å². The molecule has 1 unspecified atom stereocenters. The highest BCUT2D eigenvalue weighted by atomic mass is 16.2. The number of hydrogen-bond donors (Lipinski definition) is 2. The number of benzene rings is 2. The molecule has 1 aliphatic rings. The first-order valence-corrected chi connectivity index (χ1v) is 11.1. The summed E-state index contributed by atoms with van der Waals surface area (Å²) in [5.41, 5.74) is 2.44. The fourth-order valence-corrected chi connectivity index (χ4v) is 3.82. The largest absolute Gasteiger partial charge is 0.355 e. The van der Waals surface area contributed by atoms with Crippen LogP contribution in [0.25, 0.3) is 0 Å². The molecule has 0 radical (unpaired) electrons. The zero-order chi connectivity index (χ0) is 22.1. The van der Waals surface area contributed by atoms with Crippen molar-refractivity contribution in [1.82, 2.24) is 10.2 Å². The van der Waals surface area contributed by atoms with Crippen molar-refractivity contribution < 1.29 is 14.4 Å². The molecule has 2 N–H and O–H groups in total. The number of carbonyl (C=O) groups is 3. The Morgan fingerprint density at radius 1 is 1.03 bits per heavy atom. The molecule has 2 aromatic carbocycles. The SMILES string of the molecule is CCCC(=O)Nc1ccc(C(=O)N2CCCC(C(=O)NCCc3ccccc3)C2)cc1. The van der Waals surface area contributed by atoms with E-state index in [1.54, 1.807) is 29.2 Å². The number of piperidine rings is 1. The quantitative estimate of drug-likeness (QED) is 0.683. The van der Waals surface area contributed by atoms with Crippen LogP contribution in [0.5, 0.6) is 0 Å². The van der Waals surface area contributed by atoms with E-state index < -0.39 is 0 Å². The van der Waals surface area contributed by atoms with Crippen LogP contribution in [0, 0.1) is 5.92 Å². The average molecular weight is 422 g/mol. The molecule has 31 heavy (non-hydrogen) atoms. The van der Waals surface area contributed by atoms with E-state index in [9.17, 15) is 14.4 Å². The molecule has 0 saturated carbocycles. The molecule has 0 aromatic heterocycles. The van der Waals surface area contributed by atoms with E-state index in [0.29, 0.717) is 37.3 Å². The average Bonchev–Trinajstić information content (AvgIpc) is 2.80. The van der Waals surface area contributed by atoms with Crippen LogP contribution in [0.15, 0.2) is 54.6 Å². The second kappa shape index (κ2) is 11.3. The summed E-state index contributed by atoms with van der Waals surface area (Å²) in [5.74, 6) is -0.268. The van der Waals surface area contributed by atoms with Crippen molar-refractivity contribution in [3.63, 3.8) is 0 Å². The Morgan fingerprint density at radius 3 is 2.48 bits per heavy atom. The van der Waals surface area contributed by atoms with Gasteiger partial charge in [0.25, 0.3) is 5.91 Å². The number of hydrogen-bond acceptors (Lipinski definition) is 3. The number of anilines is 1. The lowest BCUT2D eigenvalue weighted by molar-refractivity contribution is -0.126. The van der Waals surface area contributed by atoms with Crippen LogP contribution in [0.2, 0.25) is 0 Å². The van der Waals surface area contributed by atoms with Crippen molar-refractivity contribution in [1.29, 1.82) is 0 Å². The monoisotopic (exact) mass is 421 g/mol. The van der Waals surface area contributed by atoms with E-state index in [-0.39, 0.29) is 23.6 Å². The van der Waals surface area contributed by atoms with Crippen molar-refractivity contribution in [3.8, 4) is 0 Å². The third kappa shape index (κ3) is 6.67. The van der Waals surface area contributed by atoms with Crippen LogP contribution < -0.4 is 10.6 Å². The van der Waals surface area contributed by atoms with Gasteiger partial charge in [-0.2, -0.15) is 0 Å². The molecule has 6 heteroatoms. The number of nitrogens with zero attached hydrogens (tertiary/aromatic N) is 1. The van der Waals surface area contributed by atoms with Gasteiger partial charge in [-0.3, -0.25) is 14.4 Å². The number of rotatable bonds is 8. The lowest BCUT2D eigenvalue weighted by Gasteiger charge is -2.32. The molecule has 1 fully saturated rings. The van der Waals surface area contributed by atoms with Gasteiger partial charge in [-0.05, 0) is 55.5 Å². The topological polar surface area (TPSA) is 78.5 Å². The van der Waals surface area contributed by atoms with E-state index in [2.05, 4.69) is 10.6 Å². The van der Waals surface area contributed by atoms with Crippen LogP contribution in [-0.4, -0.2) is 42.3 Å². The number of likely N-dealkylation sites (tertiary alicyclic amines) is 1. The first-order valence-electron chi connectivity index (χ1n) is 11.1. The summed E-state index contributed by atoms with van der Waals surface area (Å²) in [6, 6.07) is 17.0. The van der Waals surface area contributed by atoms with Gasteiger partial charge in [-0.15, -0.1) is 0 Å². The molecule has 1 saturated heterocycles. The minimum absolute atomic E-state index is 0.0161. The zero-order valence-electron chi connectivity index (χ0n) is 18.1. The lowest BCUT2D eigenvalue weighted by atomic mass is 9.96. The Balaban J connectivity index is 1.50. The highest BCUT2D eigenvalue weighted by Crippen LogP contribution is 2.20. The van der Waals surface area contributed by atoms with E-state index in [4.69, 9.17) is 0 Å². The fraction of sp³-hybridized carbons (Fsp3) is 0.400. The van der Waals surface area contributed by atoms with E-state index >= 15 is 0 Å². The molecule has 0 spiro atoms. The summed E-state index contributed by atoms with van der Waals surface area (Å²) >= 11 is 0. The Labute approximate surface area is 184 Å². The molecule has 2 aromatic rings. The summed E-state index contributed by atoms with van der Waals surface area (Å²) in [4.78, 5) is 39.0. The molecule has 1 heterocycles. The molecule has 0 bridgehead atoms. The number of carbonyl (C=O) groups excluding carboxylic acids is 3. The van der Waals surface area contributed by atoms with Gasteiger partial charge in [0, 0.05) is 37.3 Å². The van der Waals surface area contributed by atoms with Gasteiger partial charge in [0.15, 0.2) is 0 Å². The molecule has 0 aliphatic carbocycles. The van der Waals surface area contributed by atoms with Gasteiger partial charge < -0.3 is 15.5 Å². The summed E-state index contributed by atoms with van der Waals surface area (Å²) in [5, 5.41) is 5.84. The van der Waals surface area contributed by atoms with Crippen molar-refractivity contribution in [2.24, 2.45) is 5.92 Å². The van der Waals surface area contributed by atoms with Gasteiger partial charge in [-0.25, -0.2) is 0 Å². The van der Waals surface area contributed by atoms with Crippen LogP contribution in [0.3, 0.4) is 0 Å². The molecule has 3 amide bonds. The molecular formula is C25H31N3O3. The van der Waals surface area contributed by atoms with Crippen molar-refractivity contribution in [2.45, 2.75) is 39.0 Å². The molecular weight excluding hydrogens is 390 g/mol. The number of amides is 3.